The summed E-state index contributed by atoms with van der Waals surface area (Å²) < 4.78 is 0.910. The number of anilines is 1. The molecule has 0 radical (unpaired) electrons. The number of hydrogen-bond acceptors (Lipinski definition) is 2. The van der Waals surface area contributed by atoms with Gasteiger partial charge in [0.1, 0.15) is 4.60 Å². The van der Waals surface area contributed by atoms with Crippen LogP contribution in [0.1, 0.15) is 43.4 Å². The molecule has 2 rings (SSSR count). The first-order valence-electron chi connectivity index (χ1n) is 7.14. The van der Waals surface area contributed by atoms with Crippen molar-refractivity contribution in [3.8, 4) is 0 Å². The summed E-state index contributed by atoms with van der Waals surface area (Å²) in [6.07, 6.45) is 5.45. The first-order chi connectivity index (χ1) is 9.70. The molecule has 1 aromatic carbocycles. The second-order valence-electron chi connectivity index (χ2n) is 5.08. The van der Waals surface area contributed by atoms with E-state index in [0.29, 0.717) is 6.04 Å². The first kappa shape index (κ1) is 15.0. The molecule has 0 aliphatic carbocycles. The van der Waals surface area contributed by atoms with Gasteiger partial charge < -0.3 is 5.32 Å². The van der Waals surface area contributed by atoms with E-state index in [-0.39, 0.29) is 0 Å². The molecule has 1 unspecified atom stereocenters. The fourth-order valence-corrected chi connectivity index (χ4v) is 2.47. The average molecular weight is 333 g/mol. The van der Waals surface area contributed by atoms with Crippen molar-refractivity contribution < 1.29 is 0 Å². The minimum absolute atomic E-state index is 0.346. The van der Waals surface area contributed by atoms with Crippen molar-refractivity contribution in [1.29, 1.82) is 0 Å². The number of unbranched alkanes of at least 4 members (excludes halogenated alkanes) is 1. The molecule has 0 saturated heterocycles. The highest BCUT2D eigenvalue weighted by atomic mass is 79.9. The predicted octanol–water partition coefficient (Wildman–Crippen LogP) is 5.50. The maximum atomic E-state index is 4.36. The summed E-state index contributed by atoms with van der Waals surface area (Å²) in [6.45, 7) is 4.29. The molecular weight excluding hydrogens is 312 g/mol. The molecule has 0 fully saturated rings. The van der Waals surface area contributed by atoms with Gasteiger partial charge in [0.25, 0.3) is 0 Å². The topological polar surface area (TPSA) is 24.9 Å². The Morgan fingerprint density at radius 1 is 1.25 bits per heavy atom. The summed E-state index contributed by atoms with van der Waals surface area (Å²) in [5.74, 6) is 0. The average Bonchev–Trinajstić information content (AvgIpc) is 2.48. The van der Waals surface area contributed by atoms with Crippen LogP contribution in [0.2, 0.25) is 0 Å². The lowest BCUT2D eigenvalue weighted by Gasteiger charge is -2.20. The highest BCUT2D eigenvalue weighted by Gasteiger charge is 2.11. The molecule has 0 bridgehead atoms. The fourth-order valence-electron chi connectivity index (χ4n) is 2.25. The summed E-state index contributed by atoms with van der Waals surface area (Å²) in [5, 5.41) is 3.61. The largest absolute Gasteiger partial charge is 0.377 e. The van der Waals surface area contributed by atoms with Crippen LogP contribution in [0, 0.1) is 6.92 Å². The summed E-state index contributed by atoms with van der Waals surface area (Å²) in [6, 6.07) is 13.1. The fraction of sp³-hybridized carbons (Fsp3) is 0.353. The monoisotopic (exact) mass is 332 g/mol. The third-order valence-corrected chi connectivity index (χ3v) is 4.23. The van der Waals surface area contributed by atoms with Crippen molar-refractivity contribution in [2.75, 3.05) is 5.32 Å². The van der Waals surface area contributed by atoms with Crippen LogP contribution in [-0.4, -0.2) is 4.98 Å². The molecule has 0 spiro atoms. The van der Waals surface area contributed by atoms with E-state index in [2.05, 4.69) is 76.5 Å². The Hall–Kier alpha value is -1.35. The van der Waals surface area contributed by atoms with Gasteiger partial charge in [-0.2, -0.15) is 0 Å². The van der Waals surface area contributed by atoms with Crippen LogP contribution in [0.3, 0.4) is 0 Å². The Balaban J connectivity index is 2.17. The molecular formula is C17H21BrN2. The molecule has 2 aromatic rings. The van der Waals surface area contributed by atoms with Crippen LogP contribution in [0.4, 0.5) is 5.69 Å². The maximum absolute atomic E-state index is 4.36. The van der Waals surface area contributed by atoms with Gasteiger partial charge in [0.05, 0.1) is 17.9 Å². The van der Waals surface area contributed by atoms with Gasteiger partial charge in [0, 0.05) is 0 Å². The number of aryl methyl sites for hydroxylation is 1. The van der Waals surface area contributed by atoms with Gasteiger partial charge in [0.2, 0.25) is 0 Å². The van der Waals surface area contributed by atoms with Crippen LogP contribution in [0.5, 0.6) is 0 Å². The number of nitrogens with zero attached hydrogens (tertiary/aromatic N) is 1. The summed E-state index contributed by atoms with van der Waals surface area (Å²) in [4.78, 5) is 4.36. The lowest BCUT2D eigenvalue weighted by molar-refractivity contribution is 0.634. The number of hydrogen-bond donors (Lipinski definition) is 1. The summed E-state index contributed by atoms with van der Waals surface area (Å²) >= 11 is 3.44. The Bertz CT molecular complexity index is 540. The molecule has 0 amide bonds. The number of pyridine rings is 1. The molecule has 3 heteroatoms. The number of nitrogens with one attached hydrogen (secondary N) is 1. The molecule has 2 nitrogen and oxygen atoms in total. The zero-order valence-corrected chi connectivity index (χ0v) is 13.7. The van der Waals surface area contributed by atoms with Crippen molar-refractivity contribution in [3.63, 3.8) is 0 Å². The smallest absolute Gasteiger partial charge is 0.109 e. The Labute approximate surface area is 129 Å². The van der Waals surface area contributed by atoms with Crippen LogP contribution in [0.25, 0.3) is 0 Å². The van der Waals surface area contributed by atoms with E-state index in [1.807, 2.05) is 6.20 Å². The standard InChI is InChI=1S/C17H21BrN2/c1-3-4-10-16(14-8-6-5-7-9-14)20-15-11-13(2)17(18)19-12-15/h5-9,11-12,16,20H,3-4,10H2,1-2H3. The maximum Gasteiger partial charge on any atom is 0.109 e. The van der Waals surface area contributed by atoms with E-state index in [1.165, 1.54) is 18.4 Å². The molecule has 1 atom stereocenters. The van der Waals surface area contributed by atoms with Crippen LogP contribution >= 0.6 is 15.9 Å². The van der Waals surface area contributed by atoms with Crippen LogP contribution in [0.15, 0.2) is 47.2 Å². The van der Waals surface area contributed by atoms with Gasteiger partial charge >= 0.3 is 0 Å². The van der Waals surface area contributed by atoms with Gasteiger partial charge in [-0.1, -0.05) is 50.1 Å². The van der Waals surface area contributed by atoms with Gasteiger partial charge in [-0.15, -0.1) is 0 Å². The van der Waals surface area contributed by atoms with Gasteiger partial charge in [-0.25, -0.2) is 4.98 Å². The zero-order chi connectivity index (χ0) is 14.4. The number of aromatic nitrogens is 1. The highest BCUT2D eigenvalue weighted by molar-refractivity contribution is 9.10. The summed E-state index contributed by atoms with van der Waals surface area (Å²) in [7, 11) is 0. The third-order valence-electron chi connectivity index (χ3n) is 3.40. The number of benzene rings is 1. The Morgan fingerprint density at radius 2 is 2.00 bits per heavy atom. The molecule has 106 valence electrons. The highest BCUT2D eigenvalue weighted by Crippen LogP contribution is 2.25. The van der Waals surface area contributed by atoms with Gasteiger partial charge in [-0.05, 0) is 46.5 Å². The van der Waals surface area contributed by atoms with E-state index in [1.54, 1.807) is 0 Å². The molecule has 1 aromatic heterocycles. The van der Waals surface area contributed by atoms with Crippen molar-refractivity contribution in [2.45, 2.75) is 39.2 Å². The molecule has 20 heavy (non-hydrogen) atoms. The molecule has 0 aliphatic rings. The van der Waals surface area contributed by atoms with Gasteiger partial charge in [-0.3, -0.25) is 0 Å². The Morgan fingerprint density at radius 3 is 2.65 bits per heavy atom. The molecule has 0 aliphatic heterocycles. The third kappa shape index (κ3) is 4.07. The second kappa shape index (κ2) is 7.44. The second-order valence-corrected chi connectivity index (χ2v) is 5.83. The number of rotatable bonds is 6. The van der Waals surface area contributed by atoms with Crippen molar-refractivity contribution in [2.24, 2.45) is 0 Å². The lowest BCUT2D eigenvalue weighted by atomic mass is 10.0. The molecule has 0 saturated carbocycles. The lowest BCUT2D eigenvalue weighted by Crippen LogP contribution is -2.11. The van der Waals surface area contributed by atoms with E-state index >= 15 is 0 Å². The normalized spacial score (nSPS) is 12.2. The van der Waals surface area contributed by atoms with Crippen LogP contribution in [-0.2, 0) is 0 Å². The Kier molecular flexibility index (Phi) is 5.60. The SMILES string of the molecule is CCCCC(Nc1cnc(Br)c(C)c1)c1ccccc1. The summed E-state index contributed by atoms with van der Waals surface area (Å²) in [5.41, 5.74) is 3.56. The molecule has 1 heterocycles. The van der Waals surface area contributed by atoms with E-state index in [0.717, 1.165) is 22.3 Å². The quantitative estimate of drug-likeness (QED) is 0.707. The van der Waals surface area contributed by atoms with E-state index in [9.17, 15) is 0 Å². The van der Waals surface area contributed by atoms with Crippen molar-refractivity contribution >= 4 is 21.6 Å². The number of halogens is 1. The van der Waals surface area contributed by atoms with Crippen molar-refractivity contribution in [3.05, 3.63) is 58.3 Å². The van der Waals surface area contributed by atoms with E-state index < -0.39 is 0 Å². The zero-order valence-electron chi connectivity index (χ0n) is 12.1. The predicted molar refractivity (Wildman–Crippen MR) is 89.0 cm³/mol. The first-order valence-corrected chi connectivity index (χ1v) is 7.93. The molecule has 1 N–H and O–H groups in total. The minimum Gasteiger partial charge on any atom is -0.377 e. The van der Waals surface area contributed by atoms with E-state index in [4.69, 9.17) is 0 Å². The van der Waals surface area contributed by atoms with Crippen molar-refractivity contribution in [1.82, 2.24) is 4.98 Å². The van der Waals surface area contributed by atoms with Gasteiger partial charge in [0.15, 0.2) is 0 Å². The van der Waals surface area contributed by atoms with Crippen LogP contribution < -0.4 is 5.32 Å². The minimum atomic E-state index is 0.346.